The topological polar surface area (TPSA) is 37.3 Å². The Labute approximate surface area is 96.1 Å². The second kappa shape index (κ2) is 4.33. The molecule has 0 bridgehead atoms. The standard InChI is InChI=1S/C13H8F2O2/c14-8-5-6-10(12(16)7-8)13(17)9-3-1-2-4-11(9)15/h1-7,16H. The molecule has 2 rings (SSSR count). The predicted octanol–water partition coefficient (Wildman–Crippen LogP) is 2.90. The first-order valence-corrected chi connectivity index (χ1v) is 4.87. The van der Waals surface area contributed by atoms with E-state index in [1.165, 1.54) is 18.2 Å². The van der Waals surface area contributed by atoms with Gasteiger partial charge in [-0.15, -0.1) is 0 Å². The van der Waals surface area contributed by atoms with Gasteiger partial charge < -0.3 is 5.11 Å². The molecule has 0 aliphatic heterocycles. The van der Waals surface area contributed by atoms with Gasteiger partial charge >= 0.3 is 0 Å². The molecular formula is C13H8F2O2. The lowest BCUT2D eigenvalue weighted by atomic mass is 10.0. The van der Waals surface area contributed by atoms with Crippen LogP contribution in [0.5, 0.6) is 5.75 Å². The van der Waals surface area contributed by atoms with Gasteiger partial charge in [-0.1, -0.05) is 12.1 Å². The van der Waals surface area contributed by atoms with Crippen LogP contribution in [0, 0.1) is 11.6 Å². The SMILES string of the molecule is O=C(c1ccc(F)cc1O)c1ccccc1F. The summed E-state index contributed by atoms with van der Waals surface area (Å²) in [5.41, 5.74) is -0.286. The minimum atomic E-state index is -0.680. The number of hydrogen-bond donors (Lipinski definition) is 1. The molecule has 86 valence electrons. The highest BCUT2D eigenvalue weighted by Gasteiger charge is 2.17. The molecule has 0 fully saturated rings. The smallest absolute Gasteiger partial charge is 0.199 e. The number of hydrogen-bond acceptors (Lipinski definition) is 2. The van der Waals surface area contributed by atoms with Crippen molar-refractivity contribution in [2.75, 3.05) is 0 Å². The molecule has 0 saturated carbocycles. The molecule has 0 unspecified atom stereocenters. The van der Waals surface area contributed by atoms with E-state index >= 15 is 0 Å². The average Bonchev–Trinajstić information content (AvgIpc) is 2.29. The Morgan fingerprint density at radius 1 is 1.00 bits per heavy atom. The lowest BCUT2D eigenvalue weighted by molar-refractivity contribution is 0.103. The summed E-state index contributed by atoms with van der Waals surface area (Å²) >= 11 is 0. The zero-order chi connectivity index (χ0) is 12.4. The molecular weight excluding hydrogens is 226 g/mol. The summed E-state index contributed by atoms with van der Waals surface area (Å²) in [6, 6.07) is 8.39. The lowest BCUT2D eigenvalue weighted by Gasteiger charge is -2.04. The van der Waals surface area contributed by atoms with Gasteiger partial charge in [0.05, 0.1) is 11.1 Å². The van der Waals surface area contributed by atoms with E-state index in [2.05, 4.69) is 0 Å². The summed E-state index contributed by atoms with van der Waals surface area (Å²) in [4.78, 5) is 11.9. The summed E-state index contributed by atoms with van der Waals surface area (Å²) in [5.74, 6) is -2.52. The number of halogens is 2. The van der Waals surface area contributed by atoms with Crippen molar-refractivity contribution in [3.05, 3.63) is 65.2 Å². The van der Waals surface area contributed by atoms with Crippen LogP contribution in [0.25, 0.3) is 0 Å². The third kappa shape index (κ3) is 2.15. The maximum absolute atomic E-state index is 13.4. The average molecular weight is 234 g/mol. The number of rotatable bonds is 2. The maximum Gasteiger partial charge on any atom is 0.199 e. The van der Waals surface area contributed by atoms with E-state index in [4.69, 9.17) is 0 Å². The number of phenols is 1. The van der Waals surface area contributed by atoms with Gasteiger partial charge in [0, 0.05) is 6.07 Å². The molecule has 17 heavy (non-hydrogen) atoms. The first kappa shape index (κ1) is 11.3. The third-order valence-corrected chi connectivity index (χ3v) is 2.32. The number of benzene rings is 2. The van der Waals surface area contributed by atoms with Crippen molar-refractivity contribution in [2.24, 2.45) is 0 Å². The molecule has 4 heteroatoms. The molecule has 0 aliphatic carbocycles. The van der Waals surface area contributed by atoms with E-state index in [1.807, 2.05) is 0 Å². The molecule has 0 radical (unpaired) electrons. The number of phenolic OH excluding ortho intramolecular Hbond substituents is 1. The largest absolute Gasteiger partial charge is 0.507 e. The molecule has 2 aromatic rings. The molecule has 2 aromatic carbocycles. The minimum Gasteiger partial charge on any atom is -0.507 e. The molecule has 1 N–H and O–H groups in total. The van der Waals surface area contributed by atoms with Crippen molar-refractivity contribution in [1.29, 1.82) is 0 Å². The van der Waals surface area contributed by atoms with Gasteiger partial charge in [0.15, 0.2) is 5.78 Å². The van der Waals surface area contributed by atoms with Crippen molar-refractivity contribution in [1.82, 2.24) is 0 Å². The highest BCUT2D eigenvalue weighted by Crippen LogP contribution is 2.22. The highest BCUT2D eigenvalue weighted by atomic mass is 19.1. The molecule has 0 atom stereocenters. The van der Waals surface area contributed by atoms with E-state index in [-0.39, 0.29) is 11.1 Å². The van der Waals surface area contributed by atoms with Gasteiger partial charge in [-0.25, -0.2) is 8.78 Å². The van der Waals surface area contributed by atoms with Gasteiger partial charge in [0.1, 0.15) is 17.4 Å². The quantitative estimate of drug-likeness (QED) is 0.811. The lowest BCUT2D eigenvalue weighted by Crippen LogP contribution is -2.04. The van der Waals surface area contributed by atoms with Crippen LogP contribution in [-0.4, -0.2) is 10.9 Å². The van der Waals surface area contributed by atoms with Gasteiger partial charge in [0.2, 0.25) is 0 Å². The van der Waals surface area contributed by atoms with Crippen molar-refractivity contribution in [2.45, 2.75) is 0 Å². The van der Waals surface area contributed by atoms with Crippen LogP contribution in [0.15, 0.2) is 42.5 Å². The molecule has 0 saturated heterocycles. The number of aromatic hydroxyl groups is 1. The Balaban J connectivity index is 2.48. The van der Waals surface area contributed by atoms with E-state index in [0.717, 1.165) is 24.3 Å². The van der Waals surface area contributed by atoms with Crippen LogP contribution >= 0.6 is 0 Å². The Morgan fingerprint density at radius 2 is 1.71 bits per heavy atom. The molecule has 0 aromatic heterocycles. The van der Waals surface area contributed by atoms with Crippen LogP contribution in [0.2, 0.25) is 0 Å². The van der Waals surface area contributed by atoms with Gasteiger partial charge in [-0.3, -0.25) is 4.79 Å². The number of ketones is 1. The van der Waals surface area contributed by atoms with Crippen molar-refractivity contribution >= 4 is 5.78 Å². The Morgan fingerprint density at radius 3 is 2.35 bits per heavy atom. The number of carbonyl (C=O) groups excluding carboxylic acids is 1. The van der Waals surface area contributed by atoms with Gasteiger partial charge in [-0.05, 0) is 24.3 Å². The minimum absolute atomic E-state index is 0.128. The molecule has 0 heterocycles. The zero-order valence-electron chi connectivity index (χ0n) is 8.65. The van der Waals surface area contributed by atoms with Crippen LogP contribution in [0.4, 0.5) is 8.78 Å². The first-order chi connectivity index (χ1) is 8.09. The summed E-state index contributed by atoms with van der Waals surface area (Å²) < 4.78 is 26.1. The predicted molar refractivity (Wildman–Crippen MR) is 57.9 cm³/mol. The summed E-state index contributed by atoms with van der Waals surface area (Å²) in [5, 5.41) is 9.43. The third-order valence-electron chi connectivity index (χ3n) is 2.32. The molecule has 0 aliphatic rings. The van der Waals surface area contributed by atoms with Crippen LogP contribution in [0.1, 0.15) is 15.9 Å². The summed E-state index contributed by atoms with van der Waals surface area (Å²) in [6.07, 6.45) is 0. The van der Waals surface area contributed by atoms with Gasteiger partial charge in [-0.2, -0.15) is 0 Å². The monoisotopic (exact) mass is 234 g/mol. The molecule has 0 amide bonds. The van der Waals surface area contributed by atoms with E-state index < -0.39 is 23.2 Å². The Hall–Kier alpha value is -2.23. The van der Waals surface area contributed by atoms with Crippen LogP contribution in [0.3, 0.4) is 0 Å². The summed E-state index contributed by atoms with van der Waals surface area (Å²) in [6.45, 7) is 0. The van der Waals surface area contributed by atoms with Crippen LogP contribution in [-0.2, 0) is 0 Å². The Bertz CT molecular complexity index is 579. The van der Waals surface area contributed by atoms with Crippen molar-refractivity contribution in [3.63, 3.8) is 0 Å². The zero-order valence-corrected chi connectivity index (χ0v) is 8.65. The van der Waals surface area contributed by atoms with Gasteiger partial charge in [0.25, 0.3) is 0 Å². The fourth-order valence-electron chi connectivity index (χ4n) is 1.49. The fraction of sp³-hybridized carbons (Fsp3) is 0. The van der Waals surface area contributed by atoms with E-state index in [9.17, 15) is 18.7 Å². The summed E-state index contributed by atoms with van der Waals surface area (Å²) in [7, 11) is 0. The van der Waals surface area contributed by atoms with E-state index in [1.54, 1.807) is 0 Å². The molecule has 2 nitrogen and oxygen atoms in total. The van der Waals surface area contributed by atoms with Crippen molar-refractivity contribution in [3.8, 4) is 5.75 Å². The normalized spacial score (nSPS) is 10.2. The highest BCUT2D eigenvalue weighted by molar-refractivity contribution is 6.10. The molecule has 0 spiro atoms. The fourth-order valence-corrected chi connectivity index (χ4v) is 1.49. The van der Waals surface area contributed by atoms with Crippen molar-refractivity contribution < 1.29 is 18.7 Å². The first-order valence-electron chi connectivity index (χ1n) is 4.87. The number of carbonyl (C=O) groups is 1. The second-order valence-electron chi connectivity index (χ2n) is 3.47. The second-order valence-corrected chi connectivity index (χ2v) is 3.47. The Kier molecular flexibility index (Phi) is 2.87. The van der Waals surface area contributed by atoms with Crippen LogP contribution < -0.4 is 0 Å². The van der Waals surface area contributed by atoms with E-state index in [0.29, 0.717) is 0 Å². The maximum atomic E-state index is 13.4.